The third-order valence-electron chi connectivity index (χ3n) is 7.79. The molecule has 0 unspecified atom stereocenters. The van der Waals surface area contributed by atoms with Gasteiger partial charge in [-0.1, -0.05) is 155 Å². The number of rotatable bonds is 28. The van der Waals surface area contributed by atoms with Crippen molar-refractivity contribution >= 4 is 0 Å². The minimum atomic E-state index is 1.20. The number of unbranched alkanes of at least 4 members (excludes halogenated alkanes) is 24. The first-order valence-corrected chi connectivity index (χ1v) is 16.4. The first-order chi connectivity index (χ1) is 17.4. The van der Waals surface area contributed by atoms with E-state index in [1.54, 1.807) is 0 Å². The van der Waals surface area contributed by atoms with Crippen molar-refractivity contribution in [2.45, 2.75) is 194 Å². The van der Waals surface area contributed by atoms with Gasteiger partial charge in [0.25, 0.3) is 0 Å². The molecule has 0 N–H and O–H groups in total. The molecule has 0 aromatic carbocycles. The minimum absolute atomic E-state index is 1.20. The topological polar surface area (TPSA) is 8.81 Å². The van der Waals surface area contributed by atoms with Crippen molar-refractivity contribution in [2.24, 2.45) is 0 Å². The molecule has 0 atom stereocenters. The SMILES string of the molecule is CCCCCCCCCCCCCCCCCCCn1cc[n+](CCCCCCCCCCC)c1. The van der Waals surface area contributed by atoms with Gasteiger partial charge >= 0.3 is 0 Å². The van der Waals surface area contributed by atoms with Gasteiger partial charge < -0.3 is 0 Å². The molecule has 0 saturated carbocycles. The van der Waals surface area contributed by atoms with Crippen LogP contribution in [0.5, 0.6) is 0 Å². The highest BCUT2D eigenvalue weighted by Crippen LogP contribution is 2.14. The van der Waals surface area contributed by atoms with E-state index in [9.17, 15) is 0 Å². The molecule has 0 spiro atoms. The van der Waals surface area contributed by atoms with Crippen molar-refractivity contribution in [3.8, 4) is 0 Å². The lowest BCUT2D eigenvalue weighted by atomic mass is 10.0. The Balaban J connectivity index is 1.80. The van der Waals surface area contributed by atoms with Crippen LogP contribution < -0.4 is 4.57 Å². The molecule has 35 heavy (non-hydrogen) atoms. The van der Waals surface area contributed by atoms with Gasteiger partial charge in [-0.2, -0.15) is 0 Å². The first-order valence-electron chi connectivity index (χ1n) is 16.4. The van der Waals surface area contributed by atoms with Crippen LogP contribution in [0.3, 0.4) is 0 Å². The first kappa shape index (κ1) is 32.2. The van der Waals surface area contributed by atoms with E-state index in [0.717, 1.165) is 0 Å². The lowest BCUT2D eigenvalue weighted by Crippen LogP contribution is -2.30. The molecule has 206 valence electrons. The molecule has 0 amide bonds. The Morgan fingerprint density at radius 1 is 0.429 bits per heavy atom. The molecule has 0 fully saturated rings. The van der Waals surface area contributed by atoms with E-state index in [1.165, 1.54) is 180 Å². The number of nitrogens with zero attached hydrogens (tertiary/aromatic N) is 2. The van der Waals surface area contributed by atoms with Crippen LogP contribution in [0.4, 0.5) is 0 Å². The summed E-state index contributed by atoms with van der Waals surface area (Å²) in [5.74, 6) is 0. The average molecular weight is 490 g/mol. The normalized spacial score (nSPS) is 11.5. The third kappa shape index (κ3) is 22.2. The molecule has 1 aromatic rings. The van der Waals surface area contributed by atoms with Crippen molar-refractivity contribution in [3.63, 3.8) is 0 Å². The summed E-state index contributed by atoms with van der Waals surface area (Å²) in [5.41, 5.74) is 0. The fourth-order valence-electron chi connectivity index (χ4n) is 5.33. The zero-order valence-corrected chi connectivity index (χ0v) is 24.4. The smallest absolute Gasteiger partial charge is 0.237 e. The van der Waals surface area contributed by atoms with Crippen LogP contribution in [0.15, 0.2) is 18.7 Å². The minimum Gasteiger partial charge on any atom is -0.237 e. The summed E-state index contributed by atoms with van der Waals surface area (Å²) in [7, 11) is 0. The van der Waals surface area contributed by atoms with Gasteiger partial charge in [0.15, 0.2) is 0 Å². The lowest BCUT2D eigenvalue weighted by Gasteiger charge is -2.03. The molecular formula is C33H65N2+. The maximum absolute atomic E-state index is 2.40. The van der Waals surface area contributed by atoms with Crippen LogP contribution >= 0.6 is 0 Å². The van der Waals surface area contributed by atoms with Gasteiger partial charge in [-0.3, -0.25) is 0 Å². The molecule has 1 heterocycles. The van der Waals surface area contributed by atoms with Crippen LogP contribution in [0.1, 0.15) is 181 Å². The zero-order chi connectivity index (χ0) is 25.1. The molecule has 1 rings (SSSR count). The second-order valence-corrected chi connectivity index (χ2v) is 11.4. The number of aromatic nitrogens is 2. The van der Waals surface area contributed by atoms with Gasteiger partial charge in [0.1, 0.15) is 12.4 Å². The van der Waals surface area contributed by atoms with E-state index in [0.29, 0.717) is 0 Å². The monoisotopic (exact) mass is 490 g/mol. The van der Waals surface area contributed by atoms with Gasteiger partial charge in [-0.25, -0.2) is 9.13 Å². The van der Waals surface area contributed by atoms with Crippen molar-refractivity contribution in [1.29, 1.82) is 0 Å². The predicted octanol–water partition coefficient (Wildman–Crippen LogP) is 11.0. The highest BCUT2D eigenvalue weighted by molar-refractivity contribution is 4.66. The van der Waals surface area contributed by atoms with E-state index in [2.05, 4.69) is 41.7 Å². The molecule has 0 radical (unpaired) electrons. The Kier molecular flexibility index (Phi) is 24.2. The Hall–Kier alpha value is -0.790. The highest BCUT2D eigenvalue weighted by atomic mass is 15.1. The van der Waals surface area contributed by atoms with Crippen LogP contribution in [0.25, 0.3) is 0 Å². The third-order valence-corrected chi connectivity index (χ3v) is 7.79. The summed E-state index contributed by atoms with van der Waals surface area (Å²) in [5, 5.41) is 0. The standard InChI is InChI=1S/C33H65N2/c1-3-5-7-9-11-13-14-15-16-17-18-19-20-22-24-26-28-30-35-32-31-34(33-35)29-27-25-23-21-12-10-8-6-4-2/h31-33H,3-30H2,1-2H3/q+1. The predicted molar refractivity (Wildman–Crippen MR) is 156 cm³/mol. The number of hydrogen-bond donors (Lipinski definition) is 0. The second-order valence-electron chi connectivity index (χ2n) is 11.4. The number of imidazole rings is 1. The Morgan fingerprint density at radius 3 is 1.17 bits per heavy atom. The largest absolute Gasteiger partial charge is 0.243 e. The molecule has 1 aromatic heterocycles. The fraction of sp³-hybridized carbons (Fsp3) is 0.909. The quantitative estimate of drug-likeness (QED) is 0.0817. The van der Waals surface area contributed by atoms with Crippen molar-refractivity contribution < 1.29 is 4.57 Å². The van der Waals surface area contributed by atoms with Crippen LogP contribution in [0.2, 0.25) is 0 Å². The Morgan fingerprint density at radius 2 is 0.771 bits per heavy atom. The maximum Gasteiger partial charge on any atom is 0.243 e. The van der Waals surface area contributed by atoms with Crippen LogP contribution in [0, 0.1) is 0 Å². The molecule has 0 saturated heterocycles. The summed E-state index contributed by atoms with van der Waals surface area (Å²) in [6, 6.07) is 0. The van der Waals surface area contributed by atoms with E-state index in [1.807, 2.05) is 0 Å². The summed E-state index contributed by atoms with van der Waals surface area (Å²) in [4.78, 5) is 0. The Bertz CT molecular complexity index is 521. The van der Waals surface area contributed by atoms with Crippen molar-refractivity contribution in [1.82, 2.24) is 4.57 Å². The summed E-state index contributed by atoms with van der Waals surface area (Å²) < 4.78 is 4.80. The molecule has 2 nitrogen and oxygen atoms in total. The number of hydrogen-bond acceptors (Lipinski definition) is 0. The lowest BCUT2D eigenvalue weighted by molar-refractivity contribution is -0.696. The van der Waals surface area contributed by atoms with Gasteiger partial charge in [0.2, 0.25) is 6.33 Å². The summed E-state index contributed by atoms with van der Waals surface area (Å²) >= 11 is 0. The molecule has 0 bridgehead atoms. The highest BCUT2D eigenvalue weighted by Gasteiger charge is 2.03. The Labute approximate surface area is 221 Å². The second kappa shape index (κ2) is 26.3. The molecule has 2 heteroatoms. The van der Waals surface area contributed by atoms with Crippen LogP contribution in [-0.4, -0.2) is 4.57 Å². The fourth-order valence-corrected chi connectivity index (χ4v) is 5.33. The average Bonchev–Trinajstić information content (AvgIpc) is 3.32. The van der Waals surface area contributed by atoms with E-state index in [4.69, 9.17) is 0 Å². The van der Waals surface area contributed by atoms with E-state index in [-0.39, 0.29) is 0 Å². The molecular weight excluding hydrogens is 424 g/mol. The molecule has 0 aliphatic rings. The van der Waals surface area contributed by atoms with E-state index >= 15 is 0 Å². The maximum atomic E-state index is 2.40. The van der Waals surface area contributed by atoms with Crippen molar-refractivity contribution in [3.05, 3.63) is 18.7 Å². The molecule has 0 aliphatic heterocycles. The summed E-state index contributed by atoms with van der Waals surface area (Å²) in [6.07, 6.45) is 44.2. The van der Waals surface area contributed by atoms with Gasteiger partial charge in [0.05, 0.1) is 13.1 Å². The van der Waals surface area contributed by atoms with Gasteiger partial charge in [-0.15, -0.1) is 0 Å². The molecule has 0 aliphatic carbocycles. The summed E-state index contributed by atoms with van der Waals surface area (Å²) in [6.45, 7) is 7.00. The van der Waals surface area contributed by atoms with Gasteiger partial charge in [-0.05, 0) is 25.7 Å². The van der Waals surface area contributed by atoms with Crippen molar-refractivity contribution in [2.75, 3.05) is 0 Å². The van der Waals surface area contributed by atoms with Crippen LogP contribution in [-0.2, 0) is 13.1 Å². The zero-order valence-electron chi connectivity index (χ0n) is 24.4. The number of aryl methyl sites for hydroxylation is 2. The van der Waals surface area contributed by atoms with Gasteiger partial charge in [0, 0.05) is 0 Å². The van der Waals surface area contributed by atoms with E-state index < -0.39 is 0 Å².